The van der Waals surface area contributed by atoms with Gasteiger partial charge in [-0.1, -0.05) is 26.0 Å². The maximum Gasteiger partial charge on any atom is 0.227 e. The summed E-state index contributed by atoms with van der Waals surface area (Å²) in [7, 11) is 0. The SMILES string of the molecule is [2H]C(C)(C)c1ccnc(-c2cccc3c2oc2ncc(F)cc23)c1. The van der Waals surface area contributed by atoms with Gasteiger partial charge in [0.25, 0.3) is 0 Å². The molecule has 0 fully saturated rings. The third kappa shape index (κ3) is 2.27. The van der Waals surface area contributed by atoms with Crippen LogP contribution in [0.4, 0.5) is 4.39 Å². The third-order valence-corrected chi connectivity index (χ3v) is 3.93. The van der Waals surface area contributed by atoms with E-state index in [1.54, 1.807) is 6.20 Å². The first-order valence-corrected chi connectivity index (χ1v) is 7.37. The maximum absolute atomic E-state index is 13.5. The Balaban J connectivity index is 1.99. The lowest BCUT2D eigenvalue weighted by atomic mass is 10.0. The van der Waals surface area contributed by atoms with E-state index in [0.717, 1.165) is 28.4 Å². The van der Waals surface area contributed by atoms with Crippen molar-refractivity contribution >= 4 is 22.1 Å². The molecule has 0 bridgehead atoms. The maximum atomic E-state index is 13.5. The van der Waals surface area contributed by atoms with E-state index in [1.807, 2.05) is 44.2 Å². The molecule has 0 saturated carbocycles. The second-order valence-corrected chi connectivity index (χ2v) is 5.72. The van der Waals surface area contributed by atoms with E-state index < -0.39 is 11.7 Å². The average Bonchev–Trinajstić information content (AvgIpc) is 2.92. The molecule has 0 spiro atoms. The van der Waals surface area contributed by atoms with Gasteiger partial charge in [-0.3, -0.25) is 4.98 Å². The van der Waals surface area contributed by atoms with Gasteiger partial charge in [-0.15, -0.1) is 0 Å². The molecule has 0 amide bonds. The van der Waals surface area contributed by atoms with Crippen LogP contribution in [0.3, 0.4) is 0 Å². The van der Waals surface area contributed by atoms with E-state index in [1.165, 1.54) is 6.07 Å². The summed E-state index contributed by atoms with van der Waals surface area (Å²) >= 11 is 0. The lowest BCUT2D eigenvalue weighted by Gasteiger charge is -2.07. The Bertz CT molecular complexity index is 1070. The number of furan rings is 1. The van der Waals surface area contributed by atoms with E-state index in [4.69, 9.17) is 5.79 Å². The van der Waals surface area contributed by atoms with Crippen LogP contribution in [0.1, 0.15) is 26.7 Å². The van der Waals surface area contributed by atoms with Crippen molar-refractivity contribution in [2.75, 3.05) is 0 Å². The summed E-state index contributed by atoms with van der Waals surface area (Å²) in [6, 6.07) is 10.8. The molecular weight excluding hydrogens is 291 g/mol. The van der Waals surface area contributed by atoms with Crippen molar-refractivity contribution in [2.45, 2.75) is 19.7 Å². The highest BCUT2D eigenvalue weighted by Crippen LogP contribution is 2.35. The van der Waals surface area contributed by atoms with Crippen LogP contribution in [0.25, 0.3) is 33.3 Å². The zero-order chi connectivity index (χ0) is 16.9. The van der Waals surface area contributed by atoms with Crippen LogP contribution in [0, 0.1) is 5.82 Å². The van der Waals surface area contributed by atoms with Crippen molar-refractivity contribution in [1.29, 1.82) is 0 Å². The van der Waals surface area contributed by atoms with E-state index in [9.17, 15) is 4.39 Å². The predicted molar refractivity (Wildman–Crippen MR) is 88.8 cm³/mol. The molecule has 1 aromatic carbocycles. The summed E-state index contributed by atoms with van der Waals surface area (Å²) in [6.45, 7) is 3.67. The van der Waals surface area contributed by atoms with Gasteiger partial charge in [-0.2, -0.15) is 0 Å². The summed E-state index contributed by atoms with van der Waals surface area (Å²) in [4.78, 5) is 8.44. The number of para-hydroxylation sites is 1. The number of hydrogen-bond acceptors (Lipinski definition) is 3. The highest BCUT2D eigenvalue weighted by molar-refractivity contribution is 6.08. The number of hydrogen-bond donors (Lipinski definition) is 0. The van der Waals surface area contributed by atoms with Gasteiger partial charge in [-0.05, 0) is 35.7 Å². The van der Waals surface area contributed by atoms with Crippen molar-refractivity contribution < 1.29 is 10.2 Å². The first-order chi connectivity index (χ1) is 11.4. The Morgan fingerprint density at radius 1 is 1.13 bits per heavy atom. The monoisotopic (exact) mass is 307 g/mol. The Morgan fingerprint density at radius 3 is 2.83 bits per heavy atom. The van der Waals surface area contributed by atoms with Crippen LogP contribution in [-0.2, 0) is 0 Å². The van der Waals surface area contributed by atoms with Gasteiger partial charge in [0.15, 0.2) is 0 Å². The molecule has 4 aromatic rings. The first kappa shape index (κ1) is 12.8. The molecule has 0 aliphatic heterocycles. The molecular formula is C19H15FN2O. The Hall–Kier alpha value is -2.75. The molecule has 3 aromatic heterocycles. The molecule has 0 saturated heterocycles. The smallest absolute Gasteiger partial charge is 0.227 e. The zero-order valence-corrected chi connectivity index (χ0v) is 12.8. The summed E-state index contributed by atoms with van der Waals surface area (Å²) in [5, 5.41) is 1.44. The zero-order valence-electron chi connectivity index (χ0n) is 13.8. The van der Waals surface area contributed by atoms with E-state index in [2.05, 4.69) is 9.97 Å². The third-order valence-electron chi connectivity index (χ3n) is 3.93. The van der Waals surface area contributed by atoms with Crippen molar-refractivity contribution in [1.82, 2.24) is 9.97 Å². The number of pyridine rings is 2. The molecule has 0 aliphatic rings. The molecule has 0 radical (unpaired) electrons. The highest BCUT2D eigenvalue weighted by atomic mass is 19.1. The van der Waals surface area contributed by atoms with Gasteiger partial charge in [-0.25, -0.2) is 9.37 Å². The number of halogens is 1. The van der Waals surface area contributed by atoms with Crippen LogP contribution >= 0.6 is 0 Å². The van der Waals surface area contributed by atoms with Crippen molar-refractivity contribution in [3.63, 3.8) is 0 Å². The van der Waals surface area contributed by atoms with Gasteiger partial charge in [0.2, 0.25) is 5.71 Å². The lowest BCUT2D eigenvalue weighted by Crippen LogP contribution is -1.90. The second-order valence-electron chi connectivity index (χ2n) is 5.72. The molecule has 3 nitrogen and oxygen atoms in total. The lowest BCUT2D eigenvalue weighted by molar-refractivity contribution is 0.614. The summed E-state index contributed by atoms with van der Waals surface area (Å²) in [5.41, 5.74) is 3.41. The minimum atomic E-state index is -0.718. The van der Waals surface area contributed by atoms with Crippen LogP contribution < -0.4 is 0 Å². The molecule has 0 atom stereocenters. The molecule has 23 heavy (non-hydrogen) atoms. The standard InChI is InChI=1S/C19H15FN2O/c1-11(2)12-6-7-21-17(8-12)15-5-3-4-14-16-9-13(20)10-22-19(16)23-18(14)15/h3-11H,1-2H3/i11D. The highest BCUT2D eigenvalue weighted by Gasteiger charge is 2.14. The van der Waals surface area contributed by atoms with Gasteiger partial charge >= 0.3 is 0 Å². The molecule has 114 valence electrons. The van der Waals surface area contributed by atoms with Crippen LogP contribution in [0.15, 0.2) is 53.2 Å². The summed E-state index contributed by atoms with van der Waals surface area (Å²) < 4.78 is 27.6. The minimum absolute atomic E-state index is 0.397. The Labute approximate surface area is 134 Å². The van der Waals surface area contributed by atoms with Crippen molar-refractivity contribution in [2.24, 2.45) is 0 Å². The fourth-order valence-electron chi connectivity index (χ4n) is 2.75. The molecule has 0 N–H and O–H groups in total. The summed E-state index contributed by atoms with van der Waals surface area (Å²) in [6.07, 6.45) is 2.84. The van der Waals surface area contributed by atoms with E-state index in [-0.39, 0.29) is 0 Å². The molecule has 4 rings (SSSR count). The minimum Gasteiger partial charge on any atom is -0.437 e. The van der Waals surface area contributed by atoms with Crippen LogP contribution in [-0.4, -0.2) is 9.97 Å². The number of nitrogens with zero attached hydrogens (tertiary/aromatic N) is 2. The summed E-state index contributed by atoms with van der Waals surface area (Å²) in [5.74, 6) is -1.11. The molecule has 0 aliphatic carbocycles. The normalized spacial score (nSPS) is 12.7. The fourth-order valence-corrected chi connectivity index (χ4v) is 2.75. The number of rotatable bonds is 2. The van der Waals surface area contributed by atoms with Gasteiger partial charge in [0.1, 0.15) is 11.4 Å². The van der Waals surface area contributed by atoms with Crippen molar-refractivity contribution in [3.05, 3.63) is 60.2 Å². The number of fused-ring (bicyclic) bond motifs is 3. The van der Waals surface area contributed by atoms with Gasteiger partial charge < -0.3 is 4.42 Å². The number of aromatic nitrogens is 2. The molecule has 3 heterocycles. The quantitative estimate of drug-likeness (QED) is 0.504. The Kier molecular flexibility index (Phi) is 2.86. The van der Waals surface area contributed by atoms with Crippen molar-refractivity contribution in [3.8, 4) is 11.3 Å². The molecule has 0 unspecified atom stereocenters. The van der Waals surface area contributed by atoms with Gasteiger partial charge in [0, 0.05) is 18.5 Å². The predicted octanol–water partition coefficient (Wildman–Crippen LogP) is 5.31. The van der Waals surface area contributed by atoms with Crippen LogP contribution in [0.2, 0.25) is 0 Å². The van der Waals surface area contributed by atoms with E-state index >= 15 is 0 Å². The average molecular weight is 307 g/mol. The first-order valence-electron chi connectivity index (χ1n) is 7.87. The van der Waals surface area contributed by atoms with E-state index in [0.29, 0.717) is 16.7 Å². The topological polar surface area (TPSA) is 38.9 Å². The molecule has 4 heteroatoms. The number of benzene rings is 1. The fraction of sp³-hybridized carbons (Fsp3) is 0.158. The van der Waals surface area contributed by atoms with Crippen LogP contribution in [0.5, 0.6) is 0 Å². The second kappa shape index (κ2) is 5.16. The largest absolute Gasteiger partial charge is 0.437 e. The Morgan fingerprint density at radius 2 is 2.00 bits per heavy atom. The van der Waals surface area contributed by atoms with Gasteiger partial charge in [0.05, 0.1) is 17.3 Å².